The molecule has 0 spiro atoms. The number of nitrogens with zero attached hydrogens (tertiary/aromatic N) is 2. The predicted molar refractivity (Wildman–Crippen MR) is 89.6 cm³/mol. The summed E-state index contributed by atoms with van der Waals surface area (Å²) < 4.78 is 0. The first-order valence-corrected chi connectivity index (χ1v) is 9.40. The number of nitrogens with one attached hydrogen (secondary N) is 1. The van der Waals surface area contributed by atoms with Crippen molar-refractivity contribution >= 4 is 0 Å². The Bertz CT molecular complexity index is 314. The molecule has 3 unspecified atom stereocenters. The van der Waals surface area contributed by atoms with E-state index in [1.807, 2.05) is 0 Å². The molecule has 1 N–H and O–H groups in total. The van der Waals surface area contributed by atoms with Crippen LogP contribution in [0.4, 0.5) is 0 Å². The van der Waals surface area contributed by atoms with Gasteiger partial charge in [-0.15, -0.1) is 0 Å². The zero-order valence-corrected chi connectivity index (χ0v) is 14.2. The summed E-state index contributed by atoms with van der Waals surface area (Å²) in [6.07, 6.45) is 10.0. The minimum atomic E-state index is 0.764. The smallest absolute Gasteiger partial charge is 0.0223 e. The lowest BCUT2D eigenvalue weighted by molar-refractivity contribution is 0.0668. The number of hydrogen-bond donors (Lipinski definition) is 1. The number of hydrogen-bond acceptors (Lipinski definition) is 3. The molecule has 1 aliphatic carbocycles. The average Bonchev–Trinajstić information content (AvgIpc) is 2.74. The molecule has 0 radical (unpaired) electrons. The van der Waals surface area contributed by atoms with Gasteiger partial charge in [0.25, 0.3) is 0 Å². The van der Waals surface area contributed by atoms with Gasteiger partial charge < -0.3 is 10.2 Å². The van der Waals surface area contributed by atoms with Gasteiger partial charge >= 0.3 is 0 Å². The fourth-order valence-electron chi connectivity index (χ4n) is 5.02. The molecule has 3 fully saturated rings. The molecule has 2 aliphatic heterocycles. The van der Waals surface area contributed by atoms with Crippen LogP contribution in [0.5, 0.6) is 0 Å². The Morgan fingerprint density at radius 3 is 2.48 bits per heavy atom. The van der Waals surface area contributed by atoms with Crippen LogP contribution in [0.15, 0.2) is 0 Å². The van der Waals surface area contributed by atoms with E-state index < -0.39 is 0 Å². The molecule has 3 atom stereocenters. The molecular weight excluding hydrogens is 258 g/mol. The Kier molecular flexibility index (Phi) is 5.58. The van der Waals surface area contributed by atoms with E-state index in [1.54, 1.807) is 0 Å². The third-order valence-corrected chi connectivity index (χ3v) is 6.21. The topological polar surface area (TPSA) is 18.5 Å². The minimum Gasteiger partial charge on any atom is -0.312 e. The molecule has 2 saturated heterocycles. The lowest BCUT2D eigenvalue weighted by atomic mass is 9.83. The lowest BCUT2D eigenvalue weighted by Crippen LogP contribution is -2.52. The van der Waals surface area contributed by atoms with Crippen molar-refractivity contribution in [3.05, 3.63) is 0 Å². The summed E-state index contributed by atoms with van der Waals surface area (Å²) in [7, 11) is 2.28. The monoisotopic (exact) mass is 293 g/mol. The van der Waals surface area contributed by atoms with Crippen LogP contribution in [0.25, 0.3) is 0 Å². The lowest BCUT2D eigenvalue weighted by Gasteiger charge is -2.43. The Hall–Kier alpha value is -0.120. The molecule has 3 aliphatic rings. The summed E-state index contributed by atoms with van der Waals surface area (Å²) in [6.45, 7) is 8.89. The zero-order valence-electron chi connectivity index (χ0n) is 14.2. The highest BCUT2D eigenvalue weighted by Gasteiger charge is 2.33. The maximum absolute atomic E-state index is 3.89. The van der Waals surface area contributed by atoms with Crippen LogP contribution in [0.1, 0.15) is 51.9 Å². The van der Waals surface area contributed by atoms with Crippen LogP contribution in [0, 0.1) is 11.8 Å². The van der Waals surface area contributed by atoms with Gasteiger partial charge in [0, 0.05) is 25.2 Å². The first kappa shape index (κ1) is 15.8. The van der Waals surface area contributed by atoms with Gasteiger partial charge in [-0.3, -0.25) is 4.90 Å². The molecule has 1 saturated carbocycles. The Balaban J connectivity index is 1.61. The molecule has 0 aromatic carbocycles. The van der Waals surface area contributed by atoms with Crippen molar-refractivity contribution < 1.29 is 0 Å². The van der Waals surface area contributed by atoms with E-state index in [1.165, 1.54) is 77.7 Å². The van der Waals surface area contributed by atoms with Crippen molar-refractivity contribution in [2.45, 2.75) is 64.0 Å². The van der Waals surface area contributed by atoms with Crippen molar-refractivity contribution in [3.63, 3.8) is 0 Å². The first-order chi connectivity index (χ1) is 10.2. The molecule has 122 valence electrons. The molecule has 3 rings (SSSR count). The Labute approximate surface area is 131 Å². The number of piperidine rings is 1. The van der Waals surface area contributed by atoms with Crippen molar-refractivity contribution in [1.82, 2.24) is 15.1 Å². The van der Waals surface area contributed by atoms with E-state index in [0.717, 1.165) is 23.9 Å². The third kappa shape index (κ3) is 4.00. The van der Waals surface area contributed by atoms with Crippen LogP contribution in [-0.4, -0.2) is 61.7 Å². The highest BCUT2D eigenvalue weighted by Crippen LogP contribution is 2.29. The van der Waals surface area contributed by atoms with Gasteiger partial charge in [0.2, 0.25) is 0 Å². The summed E-state index contributed by atoms with van der Waals surface area (Å²) >= 11 is 0. The summed E-state index contributed by atoms with van der Waals surface area (Å²) in [6, 6.07) is 1.59. The molecule has 3 nitrogen and oxygen atoms in total. The standard InChI is InChI=1S/C18H35N3/c1-15-13-20(2)12-9-18(15)21-11-6-10-19-17(14-21)16-7-4-3-5-8-16/h15-19H,3-14H2,1-2H3. The fraction of sp³-hybridized carbons (Fsp3) is 1.00. The summed E-state index contributed by atoms with van der Waals surface area (Å²) in [5.74, 6) is 1.77. The van der Waals surface area contributed by atoms with E-state index in [9.17, 15) is 0 Å². The van der Waals surface area contributed by atoms with Gasteiger partial charge in [-0.05, 0) is 64.2 Å². The van der Waals surface area contributed by atoms with Gasteiger partial charge in [-0.25, -0.2) is 0 Å². The van der Waals surface area contributed by atoms with Gasteiger partial charge in [0.1, 0.15) is 0 Å². The van der Waals surface area contributed by atoms with Gasteiger partial charge in [-0.1, -0.05) is 26.2 Å². The molecule has 3 heteroatoms. The van der Waals surface area contributed by atoms with Crippen molar-refractivity contribution in [1.29, 1.82) is 0 Å². The summed E-state index contributed by atoms with van der Waals surface area (Å²) in [5.41, 5.74) is 0. The second kappa shape index (κ2) is 7.43. The molecule has 21 heavy (non-hydrogen) atoms. The van der Waals surface area contributed by atoms with E-state index in [2.05, 4.69) is 29.1 Å². The van der Waals surface area contributed by atoms with E-state index in [4.69, 9.17) is 0 Å². The molecule has 0 amide bonds. The maximum atomic E-state index is 3.89. The Morgan fingerprint density at radius 1 is 0.905 bits per heavy atom. The van der Waals surface area contributed by atoms with Crippen molar-refractivity contribution in [2.24, 2.45) is 11.8 Å². The molecular formula is C18H35N3. The van der Waals surface area contributed by atoms with Crippen LogP contribution in [-0.2, 0) is 0 Å². The second-order valence-electron chi connectivity index (χ2n) is 7.90. The fourth-order valence-corrected chi connectivity index (χ4v) is 5.02. The van der Waals surface area contributed by atoms with Crippen LogP contribution >= 0.6 is 0 Å². The SMILES string of the molecule is CC1CN(C)CCC1N1CCCNC(C2CCCCC2)C1. The normalized spacial score (nSPS) is 38.3. The van der Waals surface area contributed by atoms with E-state index in [0.29, 0.717) is 0 Å². The molecule has 0 bridgehead atoms. The summed E-state index contributed by atoms with van der Waals surface area (Å²) in [4.78, 5) is 5.37. The van der Waals surface area contributed by atoms with Gasteiger partial charge in [0.15, 0.2) is 0 Å². The zero-order chi connectivity index (χ0) is 14.7. The first-order valence-electron chi connectivity index (χ1n) is 9.40. The molecule has 0 aromatic heterocycles. The van der Waals surface area contributed by atoms with Crippen LogP contribution in [0.2, 0.25) is 0 Å². The van der Waals surface area contributed by atoms with Crippen LogP contribution < -0.4 is 5.32 Å². The number of likely N-dealkylation sites (tertiary alicyclic amines) is 1. The van der Waals surface area contributed by atoms with Crippen LogP contribution in [0.3, 0.4) is 0 Å². The maximum Gasteiger partial charge on any atom is 0.0223 e. The minimum absolute atomic E-state index is 0.764. The predicted octanol–water partition coefficient (Wildman–Crippen LogP) is 2.57. The van der Waals surface area contributed by atoms with Crippen molar-refractivity contribution in [3.8, 4) is 0 Å². The average molecular weight is 293 g/mol. The molecule has 2 heterocycles. The van der Waals surface area contributed by atoms with Gasteiger partial charge in [-0.2, -0.15) is 0 Å². The van der Waals surface area contributed by atoms with E-state index in [-0.39, 0.29) is 0 Å². The highest BCUT2D eigenvalue weighted by atomic mass is 15.2. The quantitative estimate of drug-likeness (QED) is 0.844. The third-order valence-electron chi connectivity index (χ3n) is 6.21. The van der Waals surface area contributed by atoms with Crippen molar-refractivity contribution in [2.75, 3.05) is 39.8 Å². The van der Waals surface area contributed by atoms with Gasteiger partial charge in [0.05, 0.1) is 0 Å². The number of rotatable bonds is 2. The van der Waals surface area contributed by atoms with E-state index >= 15 is 0 Å². The summed E-state index contributed by atoms with van der Waals surface area (Å²) in [5, 5.41) is 3.89. The highest BCUT2D eigenvalue weighted by molar-refractivity contribution is 4.90. The largest absolute Gasteiger partial charge is 0.312 e. The Morgan fingerprint density at radius 2 is 1.71 bits per heavy atom. The second-order valence-corrected chi connectivity index (χ2v) is 7.90. The molecule has 0 aromatic rings.